The number of halogens is 1. The molecule has 0 radical (unpaired) electrons. The van der Waals surface area contributed by atoms with Gasteiger partial charge in [-0.25, -0.2) is 4.98 Å². The number of pyridine rings is 1. The third-order valence-corrected chi connectivity index (χ3v) is 3.93. The molecule has 1 aromatic heterocycles. The second-order valence-corrected chi connectivity index (χ2v) is 5.15. The van der Waals surface area contributed by atoms with Crippen LogP contribution in [0.15, 0.2) is 12.3 Å². The second kappa shape index (κ2) is 6.06. The van der Waals surface area contributed by atoms with Crippen LogP contribution in [0.3, 0.4) is 0 Å². The van der Waals surface area contributed by atoms with Gasteiger partial charge in [0.1, 0.15) is 17.2 Å². The monoisotopic (exact) mass is 264 g/mol. The van der Waals surface area contributed by atoms with Crippen LogP contribution in [0.1, 0.15) is 44.6 Å². The second-order valence-electron chi connectivity index (χ2n) is 4.77. The van der Waals surface area contributed by atoms with Gasteiger partial charge in [-0.3, -0.25) is 0 Å². The molecule has 18 heavy (non-hydrogen) atoms. The smallest absolute Gasteiger partial charge is 0.234 e. The molecule has 1 aliphatic rings. The van der Waals surface area contributed by atoms with E-state index in [-0.39, 0.29) is 6.10 Å². The van der Waals surface area contributed by atoms with Crippen molar-refractivity contribution >= 4 is 11.6 Å². The normalized spacial score (nSPS) is 23.4. The number of nitriles is 1. The van der Waals surface area contributed by atoms with Gasteiger partial charge in [-0.15, -0.1) is 0 Å². The van der Waals surface area contributed by atoms with Crippen LogP contribution in [-0.2, 0) is 0 Å². The van der Waals surface area contributed by atoms with Crippen molar-refractivity contribution < 1.29 is 4.74 Å². The number of nitrogens with zero attached hydrogens (tertiary/aromatic N) is 2. The standard InChI is InChI=1S/C14H17ClN2O/c1-2-10-4-3-5-12(8-10)18-14-13(15)11(9-16)6-7-17-14/h6-7,10,12H,2-5,8H2,1H3. The first kappa shape index (κ1) is 13.2. The van der Waals surface area contributed by atoms with Crippen molar-refractivity contribution in [2.45, 2.75) is 45.1 Å². The van der Waals surface area contributed by atoms with E-state index in [0.29, 0.717) is 16.5 Å². The van der Waals surface area contributed by atoms with Crippen molar-refractivity contribution in [2.75, 3.05) is 0 Å². The minimum absolute atomic E-state index is 0.183. The first-order chi connectivity index (χ1) is 8.74. The maximum atomic E-state index is 8.91. The fourth-order valence-electron chi connectivity index (χ4n) is 2.47. The number of ether oxygens (including phenoxy) is 1. The minimum Gasteiger partial charge on any atom is -0.473 e. The summed E-state index contributed by atoms with van der Waals surface area (Å²) in [6, 6.07) is 3.64. The molecule has 0 amide bonds. The molecule has 0 N–H and O–H groups in total. The molecule has 1 aliphatic carbocycles. The molecule has 1 heterocycles. The van der Waals surface area contributed by atoms with Gasteiger partial charge in [-0.05, 0) is 31.2 Å². The maximum absolute atomic E-state index is 8.91. The predicted molar refractivity (Wildman–Crippen MR) is 70.6 cm³/mol. The van der Waals surface area contributed by atoms with Crippen molar-refractivity contribution in [3.05, 3.63) is 22.8 Å². The van der Waals surface area contributed by atoms with Gasteiger partial charge in [-0.1, -0.05) is 31.4 Å². The highest BCUT2D eigenvalue weighted by molar-refractivity contribution is 6.32. The van der Waals surface area contributed by atoms with Crippen molar-refractivity contribution in [3.8, 4) is 11.9 Å². The molecule has 2 rings (SSSR count). The quantitative estimate of drug-likeness (QED) is 0.830. The summed E-state index contributed by atoms with van der Waals surface area (Å²) in [5, 5.41) is 9.24. The lowest BCUT2D eigenvalue weighted by atomic mass is 9.85. The molecule has 3 nitrogen and oxygen atoms in total. The van der Waals surface area contributed by atoms with Gasteiger partial charge in [0, 0.05) is 6.20 Å². The topological polar surface area (TPSA) is 45.9 Å². The highest BCUT2D eigenvalue weighted by Crippen LogP contribution is 2.32. The van der Waals surface area contributed by atoms with E-state index in [1.807, 2.05) is 6.07 Å². The lowest BCUT2D eigenvalue weighted by Crippen LogP contribution is -2.25. The molecule has 4 heteroatoms. The molecule has 0 aliphatic heterocycles. The first-order valence-corrected chi connectivity index (χ1v) is 6.83. The third-order valence-electron chi connectivity index (χ3n) is 3.57. The number of hydrogen-bond acceptors (Lipinski definition) is 3. The van der Waals surface area contributed by atoms with Crippen LogP contribution in [-0.4, -0.2) is 11.1 Å². The van der Waals surface area contributed by atoms with E-state index in [4.69, 9.17) is 21.6 Å². The summed E-state index contributed by atoms with van der Waals surface area (Å²) in [6.07, 6.45) is 7.53. The first-order valence-electron chi connectivity index (χ1n) is 6.45. The molecular formula is C14H17ClN2O. The Morgan fingerprint density at radius 3 is 3.11 bits per heavy atom. The van der Waals surface area contributed by atoms with Gasteiger partial charge in [0.05, 0.1) is 5.56 Å². The third kappa shape index (κ3) is 2.94. The summed E-state index contributed by atoms with van der Waals surface area (Å²) >= 11 is 6.09. The lowest BCUT2D eigenvalue weighted by molar-refractivity contribution is 0.117. The highest BCUT2D eigenvalue weighted by atomic mass is 35.5. The molecule has 0 spiro atoms. The zero-order chi connectivity index (χ0) is 13.0. The van der Waals surface area contributed by atoms with E-state index in [1.165, 1.54) is 19.3 Å². The molecule has 2 atom stereocenters. The average Bonchev–Trinajstić information content (AvgIpc) is 2.41. The average molecular weight is 265 g/mol. The Hall–Kier alpha value is -1.27. The van der Waals surface area contributed by atoms with Gasteiger partial charge in [-0.2, -0.15) is 5.26 Å². The van der Waals surface area contributed by atoms with Crippen LogP contribution in [0.25, 0.3) is 0 Å². The van der Waals surface area contributed by atoms with E-state index in [1.54, 1.807) is 12.3 Å². The van der Waals surface area contributed by atoms with Crippen LogP contribution in [0.4, 0.5) is 0 Å². The van der Waals surface area contributed by atoms with Gasteiger partial charge in [0.15, 0.2) is 0 Å². The molecule has 0 aromatic carbocycles. The Bertz CT molecular complexity index is 456. The fraction of sp³-hybridized carbons (Fsp3) is 0.571. The molecule has 96 valence electrons. The van der Waals surface area contributed by atoms with Crippen LogP contribution < -0.4 is 4.74 Å². The van der Waals surface area contributed by atoms with Crippen LogP contribution in [0.5, 0.6) is 5.88 Å². The minimum atomic E-state index is 0.183. The van der Waals surface area contributed by atoms with Crippen molar-refractivity contribution in [3.63, 3.8) is 0 Å². The Labute approximate surface area is 113 Å². The van der Waals surface area contributed by atoms with E-state index in [9.17, 15) is 0 Å². The molecular weight excluding hydrogens is 248 g/mol. The van der Waals surface area contributed by atoms with E-state index >= 15 is 0 Å². The lowest BCUT2D eigenvalue weighted by Gasteiger charge is -2.28. The largest absolute Gasteiger partial charge is 0.473 e. The molecule has 1 fully saturated rings. The number of rotatable bonds is 3. The Balaban J connectivity index is 2.07. The summed E-state index contributed by atoms with van der Waals surface area (Å²) in [7, 11) is 0. The van der Waals surface area contributed by atoms with Crippen LogP contribution in [0.2, 0.25) is 5.02 Å². The van der Waals surface area contributed by atoms with E-state index < -0.39 is 0 Å². The summed E-state index contributed by atoms with van der Waals surface area (Å²) in [5.41, 5.74) is 0.421. The zero-order valence-corrected chi connectivity index (χ0v) is 11.3. The highest BCUT2D eigenvalue weighted by Gasteiger charge is 2.23. The molecule has 1 saturated carbocycles. The molecule has 0 bridgehead atoms. The van der Waals surface area contributed by atoms with Crippen molar-refractivity contribution in [2.24, 2.45) is 5.92 Å². The number of aromatic nitrogens is 1. The van der Waals surface area contributed by atoms with Crippen molar-refractivity contribution in [1.29, 1.82) is 5.26 Å². The van der Waals surface area contributed by atoms with Gasteiger partial charge >= 0.3 is 0 Å². The summed E-state index contributed by atoms with van der Waals surface area (Å²) in [4.78, 5) is 4.13. The van der Waals surface area contributed by atoms with Gasteiger partial charge < -0.3 is 4.74 Å². The number of hydrogen-bond donors (Lipinski definition) is 0. The summed E-state index contributed by atoms with van der Waals surface area (Å²) in [5.74, 6) is 1.14. The SMILES string of the molecule is CCC1CCCC(Oc2nccc(C#N)c2Cl)C1. The Morgan fingerprint density at radius 2 is 2.39 bits per heavy atom. The Kier molecular flexibility index (Phi) is 4.43. The van der Waals surface area contributed by atoms with Crippen molar-refractivity contribution in [1.82, 2.24) is 4.98 Å². The van der Waals surface area contributed by atoms with Gasteiger partial charge in [0.2, 0.25) is 5.88 Å². The molecule has 1 aromatic rings. The fourth-order valence-corrected chi connectivity index (χ4v) is 2.67. The molecule has 0 saturated heterocycles. The summed E-state index contributed by atoms with van der Waals surface area (Å²) in [6.45, 7) is 2.22. The van der Waals surface area contributed by atoms with Crippen LogP contribution >= 0.6 is 11.6 Å². The van der Waals surface area contributed by atoms with Gasteiger partial charge in [0.25, 0.3) is 0 Å². The Morgan fingerprint density at radius 1 is 1.56 bits per heavy atom. The van der Waals surface area contributed by atoms with E-state index in [2.05, 4.69) is 11.9 Å². The maximum Gasteiger partial charge on any atom is 0.234 e. The van der Waals surface area contributed by atoms with E-state index in [0.717, 1.165) is 18.8 Å². The zero-order valence-electron chi connectivity index (χ0n) is 10.5. The molecule has 2 unspecified atom stereocenters. The predicted octanol–water partition coefficient (Wildman–Crippen LogP) is 3.95. The summed E-state index contributed by atoms with van der Waals surface area (Å²) < 4.78 is 5.87. The van der Waals surface area contributed by atoms with Crippen LogP contribution in [0, 0.1) is 17.2 Å².